The largest absolute Gasteiger partial charge is 0.354 e. The van der Waals surface area contributed by atoms with Gasteiger partial charge >= 0.3 is 0 Å². The van der Waals surface area contributed by atoms with E-state index in [1.807, 2.05) is 0 Å². The average molecular weight is 412 g/mol. The van der Waals surface area contributed by atoms with Crippen molar-refractivity contribution in [2.75, 3.05) is 18.8 Å². The lowest BCUT2D eigenvalue weighted by atomic mass is 10.1. The number of rotatable bonds is 8. The van der Waals surface area contributed by atoms with Gasteiger partial charge in [0, 0.05) is 11.6 Å². The van der Waals surface area contributed by atoms with Gasteiger partial charge in [0.05, 0.1) is 23.2 Å². The summed E-state index contributed by atoms with van der Waals surface area (Å²) in [6, 6.07) is 5.10. The highest BCUT2D eigenvalue weighted by Gasteiger charge is 2.18. The van der Waals surface area contributed by atoms with Crippen molar-refractivity contribution in [1.29, 1.82) is 0 Å². The fourth-order valence-corrected chi connectivity index (χ4v) is 3.02. The number of amides is 2. The predicted molar refractivity (Wildman–Crippen MR) is 99.6 cm³/mol. The lowest BCUT2D eigenvalue weighted by Crippen LogP contribution is -2.47. The van der Waals surface area contributed by atoms with Crippen LogP contribution in [0.3, 0.4) is 0 Å². The molecular formula is C15H23Cl2N3O4S. The van der Waals surface area contributed by atoms with Gasteiger partial charge < -0.3 is 16.4 Å². The molecule has 0 saturated heterocycles. The molecule has 0 unspecified atom stereocenters. The summed E-state index contributed by atoms with van der Waals surface area (Å²) in [7, 11) is -3.51. The van der Waals surface area contributed by atoms with Gasteiger partial charge in [-0.1, -0.05) is 25.4 Å². The van der Waals surface area contributed by atoms with Gasteiger partial charge in [0.1, 0.15) is 0 Å². The molecule has 0 saturated carbocycles. The first kappa shape index (κ1) is 23.6. The van der Waals surface area contributed by atoms with E-state index in [2.05, 4.69) is 10.6 Å². The second kappa shape index (κ2) is 10.6. The molecule has 0 aliphatic rings. The molecule has 1 rings (SSSR count). The van der Waals surface area contributed by atoms with Crippen LogP contribution < -0.4 is 16.4 Å². The summed E-state index contributed by atoms with van der Waals surface area (Å²) in [6.07, 6.45) is 0. The molecule has 0 radical (unpaired) electrons. The number of nitrogens with one attached hydrogen (secondary N) is 2. The minimum Gasteiger partial charge on any atom is -0.354 e. The van der Waals surface area contributed by atoms with E-state index in [9.17, 15) is 18.0 Å². The molecule has 2 amide bonds. The minimum atomic E-state index is -3.51. The Kier molecular flexibility index (Phi) is 10.0. The molecule has 0 fully saturated rings. The predicted octanol–water partition coefficient (Wildman–Crippen LogP) is 0.751. The van der Waals surface area contributed by atoms with Gasteiger partial charge in [-0.2, -0.15) is 0 Å². The molecule has 1 atom stereocenters. The summed E-state index contributed by atoms with van der Waals surface area (Å²) in [6.45, 7) is 3.29. The molecule has 0 spiro atoms. The van der Waals surface area contributed by atoms with Gasteiger partial charge in [0.15, 0.2) is 9.84 Å². The van der Waals surface area contributed by atoms with Crippen molar-refractivity contribution in [3.63, 3.8) is 0 Å². The lowest BCUT2D eigenvalue weighted by molar-refractivity contribution is -0.127. The Morgan fingerprint density at radius 1 is 1.16 bits per heavy atom. The fourth-order valence-electron chi connectivity index (χ4n) is 1.74. The molecule has 0 aliphatic heterocycles. The Hall–Kier alpha value is -1.35. The van der Waals surface area contributed by atoms with Crippen LogP contribution in [0.2, 0.25) is 5.02 Å². The molecule has 1 aromatic carbocycles. The van der Waals surface area contributed by atoms with Crippen molar-refractivity contribution in [1.82, 2.24) is 10.6 Å². The SMILES string of the molecule is CC(C)[C@H](N)C(=O)NCC(=O)NCCS(=O)(=O)c1ccc(Cl)cc1.Cl. The number of carbonyl (C=O) groups excluding carboxylic acids is 2. The van der Waals surface area contributed by atoms with E-state index in [0.717, 1.165) is 0 Å². The van der Waals surface area contributed by atoms with E-state index in [-0.39, 0.29) is 42.1 Å². The summed E-state index contributed by atoms with van der Waals surface area (Å²) in [5, 5.41) is 5.29. The van der Waals surface area contributed by atoms with Gasteiger partial charge in [0.2, 0.25) is 11.8 Å². The molecule has 7 nitrogen and oxygen atoms in total. The number of hydrogen-bond donors (Lipinski definition) is 3. The van der Waals surface area contributed by atoms with Crippen molar-refractivity contribution < 1.29 is 18.0 Å². The molecule has 4 N–H and O–H groups in total. The van der Waals surface area contributed by atoms with E-state index in [0.29, 0.717) is 5.02 Å². The normalized spacial score (nSPS) is 12.2. The lowest BCUT2D eigenvalue weighted by Gasteiger charge is -2.15. The number of hydrogen-bond acceptors (Lipinski definition) is 5. The standard InChI is InChI=1S/C15H22ClN3O4S.ClH/c1-10(2)14(17)15(21)19-9-13(20)18-7-8-24(22,23)12-5-3-11(16)4-6-12;/h3-6,10,14H,7-9,17H2,1-2H3,(H,18,20)(H,19,21);1H/t14-;/m0./s1. The number of sulfone groups is 1. The second-order valence-electron chi connectivity index (χ2n) is 5.61. The first-order valence-corrected chi connectivity index (χ1v) is 9.45. The van der Waals surface area contributed by atoms with Crippen molar-refractivity contribution in [3.05, 3.63) is 29.3 Å². The van der Waals surface area contributed by atoms with Gasteiger partial charge in [-0.05, 0) is 30.2 Å². The molecule has 0 heterocycles. The molecular weight excluding hydrogens is 389 g/mol. The maximum Gasteiger partial charge on any atom is 0.239 e. The maximum absolute atomic E-state index is 12.1. The summed E-state index contributed by atoms with van der Waals surface area (Å²) in [4.78, 5) is 23.4. The number of benzene rings is 1. The van der Waals surface area contributed by atoms with Crippen molar-refractivity contribution in [2.24, 2.45) is 11.7 Å². The molecule has 25 heavy (non-hydrogen) atoms. The van der Waals surface area contributed by atoms with E-state index in [1.165, 1.54) is 24.3 Å². The zero-order valence-electron chi connectivity index (χ0n) is 14.0. The Morgan fingerprint density at radius 3 is 2.24 bits per heavy atom. The Labute approximate surface area is 159 Å². The van der Waals surface area contributed by atoms with Crippen LogP contribution in [0.5, 0.6) is 0 Å². The minimum absolute atomic E-state index is 0. The summed E-state index contributed by atoms with van der Waals surface area (Å²) >= 11 is 5.71. The van der Waals surface area contributed by atoms with Crippen LogP contribution in [0.1, 0.15) is 13.8 Å². The van der Waals surface area contributed by atoms with Crippen molar-refractivity contribution in [3.8, 4) is 0 Å². The molecule has 0 aliphatic carbocycles. The fraction of sp³-hybridized carbons (Fsp3) is 0.467. The van der Waals surface area contributed by atoms with E-state index in [1.54, 1.807) is 13.8 Å². The van der Waals surface area contributed by atoms with E-state index in [4.69, 9.17) is 17.3 Å². The van der Waals surface area contributed by atoms with Crippen LogP contribution in [0.15, 0.2) is 29.2 Å². The zero-order chi connectivity index (χ0) is 18.3. The van der Waals surface area contributed by atoms with Gasteiger partial charge in [-0.3, -0.25) is 9.59 Å². The highest BCUT2D eigenvalue weighted by Crippen LogP contribution is 2.15. The van der Waals surface area contributed by atoms with E-state index >= 15 is 0 Å². The first-order chi connectivity index (χ1) is 11.1. The third-order valence-electron chi connectivity index (χ3n) is 3.31. The Balaban J connectivity index is 0.00000576. The molecule has 10 heteroatoms. The molecule has 1 aromatic rings. The summed E-state index contributed by atoms with van der Waals surface area (Å²) in [5.41, 5.74) is 5.65. The van der Waals surface area contributed by atoms with Crippen LogP contribution in [-0.4, -0.2) is 45.1 Å². The highest BCUT2D eigenvalue weighted by atomic mass is 35.5. The van der Waals surface area contributed by atoms with Gasteiger partial charge in [-0.25, -0.2) is 8.42 Å². The van der Waals surface area contributed by atoms with E-state index < -0.39 is 27.7 Å². The van der Waals surface area contributed by atoms with Crippen molar-refractivity contribution in [2.45, 2.75) is 24.8 Å². The third-order valence-corrected chi connectivity index (χ3v) is 5.29. The number of nitrogens with two attached hydrogens (primary N) is 1. The van der Waals surface area contributed by atoms with Crippen LogP contribution in [0.25, 0.3) is 0 Å². The zero-order valence-corrected chi connectivity index (χ0v) is 16.4. The van der Waals surface area contributed by atoms with Crippen LogP contribution in [0.4, 0.5) is 0 Å². The van der Waals surface area contributed by atoms with Crippen LogP contribution in [-0.2, 0) is 19.4 Å². The highest BCUT2D eigenvalue weighted by molar-refractivity contribution is 7.91. The smallest absolute Gasteiger partial charge is 0.239 e. The number of carbonyl (C=O) groups is 2. The molecule has 0 bridgehead atoms. The topological polar surface area (TPSA) is 118 Å². The summed E-state index contributed by atoms with van der Waals surface area (Å²) < 4.78 is 24.1. The molecule has 0 aromatic heterocycles. The second-order valence-corrected chi connectivity index (χ2v) is 8.16. The Bertz CT molecular complexity index is 679. The van der Waals surface area contributed by atoms with Crippen molar-refractivity contribution >= 4 is 45.7 Å². The number of halogens is 2. The van der Waals surface area contributed by atoms with Gasteiger partial charge in [0.25, 0.3) is 0 Å². The average Bonchev–Trinajstić information content (AvgIpc) is 2.52. The monoisotopic (exact) mass is 411 g/mol. The quantitative estimate of drug-likeness (QED) is 0.582. The van der Waals surface area contributed by atoms with Crippen LogP contribution in [0, 0.1) is 5.92 Å². The summed E-state index contributed by atoms with van der Waals surface area (Å²) in [5.74, 6) is -1.20. The Morgan fingerprint density at radius 2 is 1.72 bits per heavy atom. The first-order valence-electron chi connectivity index (χ1n) is 7.42. The molecule has 142 valence electrons. The third kappa shape index (κ3) is 8.04. The van der Waals surface area contributed by atoms with Crippen LogP contribution >= 0.6 is 24.0 Å². The van der Waals surface area contributed by atoms with Gasteiger partial charge in [-0.15, -0.1) is 12.4 Å². The maximum atomic E-state index is 12.1.